The quantitative estimate of drug-likeness (QED) is 0.519. The molecule has 7 nitrogen and oxygen atoms in total. The second-order valence-corrected chi connectivity index (χ2v) is 3.51. The van der Waals surface area contributed by atoms with E-state index in [1.807, 2.05) is 6.07 Å². The predicted octanol–water partition coefficient (Wildman–Crippen LogP) is -0.447. The maximum Gasteiger partial charge on any atom is 0.295 e. The van der Waals surface area contributed by atoms with Crippen LogP contribution >= 0.6 is 0 Å². The van der Waals surface area contributed by atoms with Gasteiger partial charge in [0.2, 0.25) is 5.91 Å². The zero-order chi connectivity index (χ0) is 12.3. The van der Waals surface area contributed by atoms with Gasteiger partial charge in [-0.3, -0.25) is 15.0 Å². The third-order valence-corrected chi connectivity index (χ3v) is 1.72. The van der Waals surface area contributed by atoms with Gasteiger partial charge in [-0.05, 0) is 13.8 Å². The van der Waals surface area contributed by atoms with E-state index >= 15 is 0 Å². The van der Waals surface area contributed by atoms with E-state index in [-0.39, 0.29) is 11.8 Å². The minimum Gasteiger partial charge on any atom is -0.393 e. The number of hydrogen-bond acceptors (Lipinski definition) is 5. The molecule has 86 valence electrons. The summed E-state index contributed by atoms with van der Waals surface area (Å²) in [4.78, 5) is 27.0. The molecule has 1 saturated heterocycles. The summed E-state index contributed by atoms with van der Waals surface area (Å²) >= 11 is 0. The highest BCUT2D eigenvalue weighted by atomic mass is 16.6. The fraction of sp³-hybridized carbons (Fsp3) is 0.556. The second kappa shape index (κ2) is 4.61. The number of oxime groups is 1. The monoisotopic (exact) mass is 224 g/mol. The molecular weight excluding hydrogens is 212 g/mol. The van der Waals surface area contributed by atoms with E-state index in [9.17, 15) is 9.59 Å². The van der Waals surface area contributed by atoms with Crippen molar-refractivity contribution in [1.82, 2.24) is 10.4 Å². The van der Waals surface area contributed by atoms with Crippen LogP contribution in [0.5, 0.6) is 0 Å². The Morgan fingerprint density at radius 1 is 1.69 bits per heavy atom. The molecule has 1 N–H and O–H groups in total. The first-order valence-electron chi connectivity index (χ1n) is 4.71. The molecule has 1 heterocycles. The molecule has 0 saturated carbocycles. The van der Waals surface area contributed by atoms with Crippen LogP contribution in [0.25, 0.3) is 0 Å². The highest BCUT2D eigenvalue weighted by Gasteiger charge is 2.46. The van der Waals surface area contributed by atoms with Crippen molar-refractivity contribution < 1.29 is 14.4 Å². The van der Waals surface area contributed by atoms with Crippen molar-refractivity contribution in [3.05, 3.63) is 0 Å². The summed E-state index contributed by atoms with van der Waals surface area (Å²) in [6, 6.07) is 0.961. The van der Waals surface area contributed by atoms with Gasteiger partial charge in [0.1, 0.15) is 6.10 Å². The van der Waals surface area contributed by atoms with E-state index in [1.54, 1.807) is 13.8 Å². The van der Waals surface area contributed by atoms with Crippen molar-refractivity contribution in [2.24, 2.45) is 5.16 Å². The number of amides is 2. The Labute approximate surface area is 92.6 Å². The van der Waals surface area contributed by atoms with Gasteiger partial charge in [-0.1, -0.05) is 5.16 Å². The topological polar surface area (TPSA) is 94.8 Å². The number of rotatable bonds is 3. The van der Waals surface area contributed by atoms with Crippen LogP contribution in [-0.2, 0) is 14.4 Å². The van der Waals surface area contributed by atoms with E-state index < -0.39 is 17.9 Å². The summed E-state index contributed by atoms with van der Waals surface area (Å²) in [5.41, 5.74) is 2.24. The Morgan fingerprint density at radius 3 is 2.75 bits per heavy atom. The Bertz CT molecular complexity index is 383. The second-order valence-electron chi connectivity index (χ2n) is 3.51. The molecule has 0 bridgehead atoms. The Balaban J connectivity index is 2.71. The number of carbonyl (C=O) groups is 2. The number of hydrazine groups is 1. The summed E-state index contributed by atoms with van der Waals surface area (Å²) < 4.78 is 0. The molecule has 7 heteroatoms. The summed E-state index contributed by atoms with van der Waals surface area (Å²) in [5.74, 6) is -0.945. The van der Waals surface area contributed by atoms with Crippen LogP contribution in [0, 0.1) is 11.3 Å². The minimum absolute atomic E-state index is 0.00458. The van der Waals surface area contributed by atoms with Gasteiger partial charge in [-0.15, -0.1) is 0 Å². The molecular formula is C9H12N4O3. The summed E-state index contributed by atoms with van der Waals surface area (Å²) in [6.45, 7) is 4.75. The van der Waals surface area contributed by atoms with Gasteiger partial charge in [0.25, 0.3) is 5.91 Å². The van der Waals surface area contributed by atoms with Gasteiger partial charge in [-0.25, -0.2) is 5.01 Å². The highest BCUT2D eigenvalue weighted by molar-refractivity contribution is 6.47. The molecule has 1 aliphatic rings. The number of hydrogen-bond donors (Lipinski definition) is 1. The molecule has 1 atom stereocenters. The van der Waals surface area contributed by atoms with Gasteiger partial charge in [0, 0.05) is 6.92 Å². The molecule has 16 heavy (non-hydrogen) atoms. The van der Waals surface area contributed by atoms with Gasteiger partial charge >= 0.3 is 0 Å². The zero-order valence-corrected chi connectivity index (χ0v) is 9.22. The molecule has 0 aromatic heterocycles. The Kier molecular flexibility index (Phi) is 3.45. The minimum atomic E-state index is -0.879. The first kappa shape index (κ1) is 12.0. The van der Waals surface area contributed by atoms with Gasteiger partial charge in [0.05, 0.1) is 6.07 Å². The van der Waals surface area contributed by atoms with E-state index in [0.29, 0.717) is 0 Å². The fourth-order valence-electron chi connectivity index (χ4n) is 1.07. The third kappa shape index (κ3) is 2.28. The van der Waals surface area contributed by atoms with Crippen LogP contribution in [0.4, 0.5) is 0 Å². The Hall–Kier alpha value is -2.10. The third-order valence-electron chi connectivity index (χ3n) is 1.72. The maximum absolute atomic E-state index is 11.4. The summed E-state index contributed by atoms with van der Waals surface area (Å²) in [7, 11) is 0. The zero-order valence-electron chi connectivity index (χ0n) is 9.22. The number of nitrogens with zero attached hydrogens (tertiary/aromatic N) is 3. The first-order chi connectivity index (χ1) is 7.47. The molecule has 2 amide bonds. The van der Waals surface area contributed by atoms with Crippen LogP contribution in [0.2, 0.25) is 0 Å². The Morgan fingerprint density at radius 2 is 2.31 bits per heavy atom. The lowest BCUT2D eigenvalue weighted by Gasteiger charge is -2.35. The van der Waals surface area contributed by atoms with Crippen LogP contribution in [0.15, 0.2) is 5.16 Å². The first-order valence-corrected chi connectivity index (χ1v) is 4.71. The maximum atomic E-state index is 11.4. The largest absolute Gasteiger partial charge is 0.393 e. The number of β-lactam (4-membered cyclic amide) rings is 1. The van der Waals surface area contributed by atoms with Gasteiger partial charge < -0.3 is 4.84 Å². The van der Waals surface area contributed by atoms with Crippen LogP contribution in [-0.4, -0.2) is 34.7 Å². The van der Waals surface area contributed by atoms with Crippen molar-refractivity contribution in [1.29, 1.82) is 5.26 Å². The molecule has 1 rings (SSSR count). The molecule has 0 spiro atoms. The highest BCUT2D eigenvalue weighted by Crippen LogP contribution is 2.14. The molecule has 0 aliphatic carbocycles. The molecule has 0 aromatic carbocycles. The van der Waals surface area contributed by atoms with Gasteiger partial charge in [-0.2, -0.15) is 5.26 Å². The molecule has 1 fully saturated rings. The molecule has 0 radical (unpaired) electrons. The summed E-state index contributed by atoms with van der Waals surface area (Å²) in [5, 5.41) is 13.3. The lowest BCUT2D eigenvalue weighted by atomic mass is 10.0. The fourth-order valence-corrected chi connectivity index (χ4v) is 1.07. The lowest BCUT2D eigenvalue weighted by Crippen LogP contribution is -2.67. The van der Waals surface area contributed by atoms with E-state index in [1.165, 1.54) is 6.92 Å². The van der Waals surface area contributed by atoms with E-state index in [2.05, 4.69) is 10.6 Å². The van der Waals surface area contributed by atoms with Crippen molar-refractivity contribution in [3.8, 4) is 6.07 Å². The SMILES string of the molecule is CC(=O)NN1C(=O)/C(=N/OC(C)C)C1C#N. The average Bonchev–Trinajstić information content (AvgIpc) is 2.20. The van der Waals surface area contributed by atoms with Crippen molar-refractivity contribution >= 4 is 17.5 Å². The number of nitrogens with one attached hydrogen (secondary N) is 1. The predicted molar refractivity (Wildman–Crippen MR) is 53.7 cm³/mol. The molecule has 1 unspecified atom stereocenters. The lowest BCUT2D eigenvalue weighted by molar-refractivity contribution is -0.140. The van der Waals surface area contributed by atoms with E-state index in [0.717, 1.165) is 5.01 Å². The number of carbonyl (C=O) groups excluding carboxylic acids is 2. The molecule has 0 aromatic rings. The van der Waals surface area contributed by atoms with Crippen LogP contribution in [0.3, 0.4) is 0 Å². The van der Waals surface area contributed by atoms with Crippen molar-refractivity contribution in [3.63, 3.8) is 0 Å². The standard InChI is InChI=1S/C9H12N4O3/c1-5(2)16-12-8-7(4-10)13(9(8)15)11-6(3)14/h5,7H,1-3H3,(H,11,14)/b12-8+. The smallest absolute Gasteiger partial charge is 0.295 e. The average molecular weight is 224 g/mol. The van der Waals surface area contributed by atoms with Crippen LogP contribution < -0.4 is 5.43 Å². The van der Waals surface area contributed by atoms with Crippen molar-refractivity contribution in [2.75, 3.05) is 0 Å². The van der Waals surface area contributed by atoms with Crippen LogP contribution in [0.1, 0.15) is 20.8 Å². The van der Waals surface area contributed by atoms with Crippen molar-refractivity contribution in [2.45, 2.75) is 32.9 Å². The summed E-state index contributed by atoms with van der Waals surface area (Å²) in [6.07, 6.45) is -0.172. The van der Waals surface area contributed by atoms with E-state index in [4.69, 9.17) is 10.1 Å². The number of nitriles is 1. The van der Waals surface area contributed by atoms with Gasteiger partial charge in [0.15, 0.2) is 11.8 Å². The normalized spacial score (nSPS) is 21.7. The molecule has 1 aliphatic heterocycles.